The molecule has 0 fully saturated rings. The summed E-state index contributed by atoms with van der Waals surface area (Å²) in [4.78, 5) is 11.8. The summed E-state index contributed by atoms with van der Waals surface area (Å²) in [5.74, 6) is 0.515. The van der Waals surface area contributed by atoms with Crippen molar-refractivity contribution in [3.63, 3.8) is 0 Å². The third kappa shape index (κ3) is 6.18. The molecule has 19 heavy (non-hydrogen) atoms. The largest absolute Gasteiger partial charge is 0.369 e. The van der Waals surface area contributed by atoms with Gasteiger partial charge in [-0.05, 0) is 39.3 Å². The van der Waals surface area contributed by atoms with E-state index in [1.54, 1.807) is 12.1 Å². The standard InChI is InChI=1S/C14H24N4O/c1-5-6-7-10-15-12-9-8-11(17-18-12)13(19)16-14(2,3)4/h8-9H,5-7,10H2,1-4H3,(H,15,18)(H,16,19). The first-order valence-electron chi connectivity index (χ1n) is 6.82. The van der Waals surface area contributed by atoms with Crippen LogP contribution in [0.2, 0.25) is 0 Å². The van der Waals surface area contributed by atoms with Crippen LogP contribution in [-0.2, 0) is 0 Å². The predicted octanol–water partition coefficient (Wildman–Crippen LogP) is 2.61. The van der Waals surface area contributed by atoms with Crippen molar-refractivity contribution in [2.75, 3.05) is 11.9 Å². The van der Waals surface area contributed by atoms with Gasteiger partial charge in [-0.25, -0.2) is 0 Å². The van der Waals surface area contributed by atoms with Gasteiger partial charge < -0.3 is 10.6 Å². The van der Waals surface area contributed by atoms with Crippen LogP contribution >= 0.6 is 0 Å². The van der Waals surface area contributed by atoms with Crippen molar-refractivity contribution in [2.24, 2.45) is 0 Å². The zero-order valence-electron chi connectivity index (χ0n) is 12.3. The number of hydrogen-bond donors (Lipinski definition) is 2. The maximum atomic E-state index is 11.8. The molecule has 0 aromatic carbocycles. The van der Waals surface area contributed by atoms with Gasteiger partial charge in [0, 0.05) is 12.1 Å². The molecule has 0 aliphatic rings. The molecule has 5 heteroatoms. The van der Waals surface area contributed by atoms with Gasteiger partial charge in [-0.3, -0.25) is 4.79 Å². The minimum atomic E-state index is -0.268. The van der Waals surface area contributed by atoms with Crippen molar-refractivity contribution < 1.29 is 4.79 Å². The number of amides is 1. The number of nitrogens with one attached hydrogen (secondary N) is 2. The Morgan fingerprint density at radius 3 is 2.47 bits per heavy atom. The molecule has 5 nitrogen and oxygen atoms in total. The Kier molecular flexibility index (Phi) is 5.73. The van der Waals surface area contributed by atoms with Crippen LogP contribution in [0, 0.1) is 0 Å². The zero-order chi connectivity index (χ0) is 14.3. The second-order valence-electron chi connectivity index (χ2n) is 5.64. The molecule has 0 unspecified atom stereocenters. The zero-order valence-corrected chi connectivity index (χ0v) is 12.3. The lowest BCUT2D eigenvalue weighted by Crippen LogP contribution is -2.41. The van der Waals surface area contributed by atoms with Crippen LogP contribution in [-0.4, -0.2) is 28.2 Å². The van der Waals surface area contributed by atoms with Gasteiger partial charge >= 0.3 is 0 Å². The quantitative estimate of drug-likeness (QED) is 0.775. The van der Waals surface area contributed by atoms with E-state index in [1.165, 1.54) is 12.8 Å². The van der Waals surface area contributed by atoms with E-state index in [0.717, 1.165) is 13.0 Å². The summed E-state index contributed by atoms with van der Waals surface area (Å²) < 4.78 is 0. The molecule has 1 aromatic heterocycles. The Morgan fingerprint density at radius 2 is 1.95 bits per heavy atom. The molecule has 106 valence electrons. The average molecular weight is 264 g/mol. The SMILES string of the molecule is CCCCCNc1ccc(C(=O)NC(C)(C)C)nn1. The number of rotatable bonds is 6. The summed E-state index contributed by atoms with van der Waals surface area (Å²) in [6, 6.07) is 3.48. The number of nitrogens with zero attached hydrogens (tertiary/aromatic N) is 2. The second kappa shape index (κ2) is 7.07. The van der Waals surface area contributed by atoms with Gasteiger partial charge in [0.05, 0.1) is 0 Å². The summed E-state index contributed by atoms with van der Waals surface area (Å²) in [7, 11) is 0. The van der Waals surface area contributed by atoms with E-state index in [4.69, 9.17) is 0 Å². The number of carbonyl (C=O) groups is 1. The molecule has 1 heterocycles. The Labute approximate surface area is 115 Å². The van der Waals surface area contributed by atoms with E-state index < -0.39 is 0 Å². The van der Waals surface area contributed by atoms with Crippen molar-refractivity contribution in [3.05, 3.63) is 17.8 Å². The number of anilines is 1. The number of carbonyl (C=O) groups excluding carboxylic acids is 1. The lowest BCUT2D eigenvalue weighted by atomic mass is 10.1. The van der Waals surface area contributed by atoms with Gasteiger partial charge in [0.2, 0.25) is 0 Å². The first kappa shape index (κ1) is 15.4. The summed E-state index contributed by atoms with van der Waals surface area (Å²) in [5.41, 5.74) is 0.0737. The van der Waals surface area contributed by atoms with Crippen LogP contribution in [0.15, 0.2) is 12.1 Å². The molecule has 1 rings (SSSR count). The predicted molar refractivity (Wildman–Crippen MR) is 77.3 cm³/mol. The van der Waals surface area contributed by atoms with Crippen molar-refractivity contribution in [1.82, 2.24) is 15.5 Å². The normalized spacial score (nSPS) is 11.2. The third-order valence-electron chi connectivity index (χ3n) is 2.47. The van der Waals surface area contributed by atoms with Gasteiger partial charge in [-0.1, -0.05) is 19.8 Å². The van der Waals surface area contributed by atoms with Gasteiger partial charge in [0.1, 0.15) is 5.82 Å². The van der Waals surface area contributed by atoms with E-state index in [2.05, 4.69) is 27.8 Å². The van der Waals surface area contributed by atoms with Crippen molar-refractivity contribution in [2.45, 2.75) is 52.5 Å². The van der Waals surface area contributed by atoms with Gasteiger partial charge in [-0.15, -0.1) is 10.2 Å². The minimum absolute atomic E-state index is 0.197. The lowest BCUT2D eigenvalue weighted by Gasteiger charge is -2.19. The first-order valence-corrected chi connectivity index (χ1v) is 6.82. The molecule has 0 saturated carbocycles. The fourth-order valence-electron chi connectivity index (χ4n) is 1.54. The number of aromatic nitrogens is 2. The van der Waals surface area contributed by atoms with E-state index in [0.29, 0.717) is 11.5 Å². The van der Waals surface area contributed by atoms with Crippen molar-refractivity contribution in [3.8, 4) is 0 Å². The maximum Gasteiger partial charge on any atom is 0.272 e. The highest BCUT2D eigenvalue weighted by Crippen LogP contribution is 2.05. The molecule has 0 saturated heterocycles. The fourth-order valence-corrected chi connectivity index (χ4v) is 1.54. The Balaban J connectivity index is 2.49. The molecule has 0 aliphatic carbocycles. The first-order chi connectivity index (χ1) is 8.92. The number of hydrogen-bond acceptors (Lipinski definition) is 4. The highest BCUT2D eigenvalue weighted by atomic mass is 16.2. The van der Waals surface area contributed by atoms with Crippen LogP contribution in [0.4, 0.5) is 5.82 Å². The van der Waals surface area contributed by atoms with Gasteiger partial charge in [-0.2, -0.15) is 0 Å². The molecule has 0 radical (unpaired) electrons. The summed E-state index contributed by atoms with van der Waals surface area (Å²) in [6.07, 6.45) is 3.51. The molecule has 1 aromatic rings. The highest BCUT2D eigenvalue weighted by Gasteiger charge is 2.16. The molecule has 0 bridgehead atoms. The van der Waals surface area contributed by atoms with Crippen LogP contribution in [0.1, 0.15) is 57.4 Å². The molecular formula is C14H24N4O. The summed E-state index contributed by atoms with van der Waals surface area (Å²) in [6.45, 7) is 8.85. The molecule has 1 amide bonds. The Hall–Kier alpha value is -1.65. The molecular weight excluding hydrogens is 240 g/mol. The average Bonchev–Trinajstić information content (AvgIpc) is 2.33. The molecule has 0 atom stereocenters. The Bertz CT molecular complexity index is 395. The topological polar surface area (TPSA) is 66.9 Å². The highest BCUT2D eigenvalue weighted by molar-refractivity contribution is 5.92. The van der Waals surface area contributed by atoms with Crippen LogP contribution in [0.25, 0.3) is 0 Å². The van der Waals surface area contributed by atoms with Crippen LogP contribution in [0.5, 0.6) is 0 Å². The molecule has 2 N–H and O–H groups in total. The summed E-state index contributed by atoms with van der Waals surface area (Å²) in [5, 5.41) is 14.0. The van der Waals surface area contributed by atoms with Crippen LogP contribution < -0.4 is 10.6 Å². The van der Waals surface area contributed by atoms with Gasteiger partial charge in [0.25, 0.3) is 5.91 Å². The van der Waals surface area contributed by atoms with Crippen molar-refractivity contribution in [1.29, 1.82) is 0 Å². The number of unbranched alkanes of at least 4 members (excludes halogenated alkanes) is 2. The van der Waals surface area contributed by atoms with E-state index in [1.807, 2.05) is 20.8 Å². The smallest absolute Gasteiger partial charge is 0.272 e. The fraction of sp³-hybridized carbons (Fsp3) is 0.643. The van der Waals surface area contributed by atoms with Gasteiger partial charge in [0.15, 0.2) is 5.69 Å². The van der Waals surface area contributed by atoms with E-state index in [9.17, 15) is 4.79 Å². The lowest BCUT2D eigenvalue weighted by molar-refractivity contribution is 0.0913. The molecule has 0 aliphatic heterocycles. The van der Waals surface area contributed by atoms with Crippen LogP contribution in [0.3, 0.4) is 0 Å². The summed E-state index contributed by atoms with van der Waals surface area (Å²) >= 11 is 0. The van der Waals surface area contributed by atoms with E-state index >= 15 is 0 Å². The van der Waals surface area contributed by atoms with E-state index in [-0.39, 0.29) is 11.4 Å². The minimum Gasteiger partial charge on any atom is -0.369 e. The maximum absolute atomic E-state index is 11.8. The monoisotopic (exact) mass is 264 g/mol. The second-order valence-corrected chi connectivity index (χ2v) is 5.64. The van der Waals surface area contributed by atoms with Crippen molar-refractivity contribution >= 4 is 11.7 Å². The Morgan fingerprint density at radius 1 is 1.21 bits per heavy atom. The third-order valence-corrected chi connectivity index (χ3v) is 2.47. The molecule has 0 spiro atoms.